The molecule has 17 heavy (non-hydrogen) atoms. The third-order valence-corrected chi connectivity index (χ3v) is 3.69. The van der Waals surface area contributed by atoms with E-state index in [2.05, 4.69) is 26.2 Å². The maximum absolute atomic E-state index is 12.6. The number of benzene rings is 1. The molecule has 1 N–H and O–H groups in total. The number of nitrogens with zero attached hydrogens (tertiary/aromatic N) is 1. The molecule has 1 aromatic rings. The van der Waals surface area contributed by atoms with E-state index in [1.807, 2.05) is 0 Å². The Morgan fingerprint density at radius 1 is 1.35 bits per heavy atom. The minimum Gasteiger partial charge on any atom is -0.335 e. The van der Waals surface area contributed by atoms with Gasteiger partial charge in [-0.15, -0.1) is 0 Å². The molecule has 1 aromatic carbocycles. The van der Waals surface area contributed by atoms with Gasteiger partial charge in [-0.3, -0.25) is 4.99 Å². The van der Waals surface area contributed by atoms with Crippen LogP contribution in [0.5, 0.6) is 0 Å². The van der Waals surface area contributed by atoms with Crippen LogP contribution in [0.25, 0.3) is 0 Å². The van der Waals surface area contributed by atoms with E-state index < -0.39 is 11.7 Å². The highest BCUT2D eigenvalue weighted by molar-refractivity contribution is 9.10. The van der Waals surface area contributed by atoms with Crippen LogP contribution in [0.15, 0.2) is 27.7 Å². The molecule has 1 aliphatic rings. The van der Waals surface area contributed by atoms with Gasteiger partial charge >= 0.3 is 6.18 Å². The molecule has 0 amide bonds. The van der Waals surface area contributed by atoms with Gasteiger partial charge in [0, 0.05) is 15.9 Å². The van der Waals surface area contributed by atoms with Crippen molar-refractivity contribution in [3.8, 4) is 0 Å². The van der Waals surface area contributed by atoms with E-state index >= 15 is 0 Å². The lowest BCUT2D eigenvalue weighted by Crippen LogP contribution is -2.09. The lowest BCUT2D eigenvalue weighted by atomic mass is 10.2. The Bertz CT molecular complexity index is 459. The van der Waals surface area contributed by atoms with Crippen molar-refractivity contribution in [2.75, 3.05) is 17.6 Å². The van der Waals surface area contributed by atoms with Gasteiger partial charge in [0.25, 0.3) is 0 Å². The summed E-state index contributed by atoms with van der Waals surface area (Å²) in [5.74, 6) is 0.866. The molecule has 0 bridgehead atoms. The number of rotatable bonds is 1. The first kappa shape index (κ1) is 12.8. The number of hydrogen-bond donors (Lipinski definition) is 1. The molecule has 0 radical (unpaired) electrons. The minimum atomic E-state index is -4.36. The monoisotopic (exact) mass is 324 g/mol. The van der Waals surface area contributed by atoms with Crippen molar-refractivity contribution in [3.05, 3.63) is 28.2 Å². The number of alkyl halides is 3. The summed E-state index contributed by atoms with van der Waals surface area (Å²) in [4.78, 5) is 4.12. The van der Waals surface area contributed by atoms with Gasteiger partial charge in [0.15, 0.2) is 5.17 Å². The van der Waals surface area contributed by atoms with Crippen LogP contribution in [0.4, 0.5) is 18.9 Å². The second-order valence-electron chi connectivity index (χ2n) is 3.35. The van der Waals surface area contributed by atoms with Gasteiger partial charge in [0.2, 0.25) is 0 Å². The standard InChI is InChI=1S/C10H8BrF3N2S/c11-8-2-1-6(5-7(8)10(12,13)14)16-9-15-3-4-17-9/h1-2,5H,3-4H2,(H,15,16). The second-order valence-corrected chi connectivity index (χ2v) is 5.29. The fraction of sp³-hybridized carbons (Fsp3) is 0.300. The molecule has 2 nitrogen and oxygen atoms in total. The van der Waals surface area contributed by atoms with Crippen LogP contribution in [0.2, 0.25) is 0 Å². The topological polar surface area (TPSA) is 24.4 Å². The van der Waals surface area contributed by atoms with Gasteiger partial charge in [-0.1, -0.05) is 27.7 Å². The third kappa shape index (κ3) is 3.16. The summed E-state index contributed by atoms with van der Waals surface area (Å²) in [5.41, 5.74) is -0.292. The third-order valence-electron chi connectivity index (χ3n) is 2.11. The SMILES string of the molecule is FC(F)(F)c1cc(NC2=NCCS2)ccc1Br. The Kier molecular flexibility index (Phi) is 3.67. The normalized spacial score (nSPS) is 15.9. The van der Waals surface area contributed by atoms with E-state index in [-0.39, 0.29) is 4.47 Å². The maximum atomic E-state index is 12.6. The van der Waals surface area contributed by atoms with Crippen molar-refractivity contribution in [1.29, 1.82) is 0 Å². The number of amidine groups is 1. The maximum Gasteiger partial charge on any atom is 0.417 e. The lowest BCUT2D eigenvalue weighted by molar-refractivity contribution is -0.138. The van der Waals surface area contributed by atoms with Crippen LogP contribution >= 0.6 is 27.7 Å². The average molecular weight is 325 g/mol. The zero-order valence-corrected chi connectivity index (χ0v) is 10.9. The van der Waals surface area contributed by atoms with Crippen LogP contribution in [-0.4, -0.2) is 17.5 Å². The van der Waals surface area contributed by atoms with Crippen LogP contribution in [-0.2, 0) is 6.18 Å². The Balaban J connectivity index is 2.24. The largest absolute Gasteiger partial charge is 0.417 e. The molecule has 92 valence electrons. The summed E-state index contributed by atoms with van der Waals surface area (Å²) in [5, 5.41) is 3.54. The van der Waals surface area contributed by atoms with E-state index in [9.17, 15) is 13.2 Å². The Labute approximate surface area is 109 Å². The fourth-order valence-corrected chi connectivity index (χ4v) is 2.57. The zero-order chi connectivity index (χ0) is 12.5. The van der Waals surface area contributed by atoms with E-state index in [4.69, 9.17) is 0 Å². The number of nitrogens with one attached hydrogen (secondary N) is 1. The van der Waals surface area contributed by atoms with Gasteiger partial charge < -0.3 is 5.32 Å². The molecule has 0 aliphatic carbocycles. The van der Waals surface area contributed by atoms with Crippen molar-refractivity contribution in [2.24, 2.45) is 4.99 Å². The Morgan fingerprint density at radius 2 is 2.12 bits per heavy atom. The molecule has 7 heteroatoms. The summed E-state index contributed by atoms with van der Waals surface area (Å²) in [7, 11) is 0. The summed E-state index contributed by atoms with van der Waals surface area (Å²) in [6.45, 7) is 0.704. The molecule has 0 aromatic heterocycles. The molecule has 0 saturated heterocycles. The molecule has 1 aliphatic heterocycles. The number of thioether (sulfide) groups is 1. The number of halogens is 4. The van der Waals surface area contributed by atoms with Gasteiger partial charge in [-0.25, -0.2) is 0 Å². The van der Waals surface area contributed by atoms with Crippen LogP contribution < -0.4 is 5.32 Å². The highest BCUT2D eigenvalue weighted by Crippen LogP contribution is 2.36. The predicted octanol–water partition coefficient (Wildman–Crippen LogP) is 3.98. The summed E-state index contributed by atoms with van der Waals surface area (Å²) in [6.07, 6.45) is -4.36. The fourth-order valence-electron chi connectivity index (χ4n) is 1.35. The summed E-state index contributed by atoms with van der Waals surface area (Å²) in [6, 6.07) is 4.04. The Morgan fingerprint density at radius 3 is 2.71 bits per heavy atom. The van der Waals surface area contributed by atoms with Gasteiger partial charge in [0.05, 0.1) is 12.1 Å². The van der Waals surface area contributed by atoms with Crippen molar-refractivity contribution in [2.45, 2.75) is 6.18 Å². The van der Waals surface area contributed by atoms with Crippen molar-refractivity contribution in [1.82, 2.24) is 0 Å². The van der Waals surface area contributed by atoms with E-state index in [1.54, 1.807) is 6.07 Å². The predicted molar refractivity (Wildman–Crippen MR) is 67.5 cm³/mol. The molecular formula is C10H8BrF3N2S. The van der Waals surface area contributed by atoms with Gasteiger partial charge in [-0.05, 0) is 18.2 Å². The smallest absolute Gasteiger partial charge is 0.335 e. The minimum absolute atomic E-state index is 0.0385. The van der Waals surface area contributed by atoms with Crippen molar-refractivity contribution >= 4 is 38.5 Å². The van der Waals surface area contributed by atoms with Crippen molar-refractivity contribution in [3.63, 3.8) is 0 Å². The van der Waals surface area contributed by atoms with E-state index in [0.717, 1.165) is 11.8 Å². The van der Waals surface area contributed by atoms with E-state index in [0.29, 0.717) is 17.4 Å². The molecule has 0 saturated carbocycles. The van der Waals surface area contributed by atoms with E-state index in [1.165, 1.54) is 17.8 Å². The number of aliphatic imine (C=N–C) groups is 1. The van der Waals surface area contributed by atoms with Crippen LogP contribution in [0.3, 0.4) is 0 Å². The molecule has 0 atom stereocenters. The van der Waals surface area contributed by atoms with Crippen molar-refractivity contribution < 1.29 is 13.2 Å². The molecule has 1 heterocycles. The molecular weight excluding hydrogens is 317 g/mol. The Hall–Kier alpha value is -0.690. The lowest BCUT2D eigenvalue weighted by Gasteiger charge is -2.12. The second kappa shape index (κ2) is 4.89. The summed E-state index contributed by atoms with van der Waals surface area (Å²) >= 11 is 4.40. The zero-order valence-electron chi connectivity index (χ0n) is 8.51. The van der Waals surface area contributed by atoms with Gasteiger partial charge in [0.1, 0.15) is 0 Å². The first-order chi connectivity index (χ1) is 7.97. The summed E-state index contributed by atoms with van der Waals surface area (Å²) < 4.78 is 38.0. The first-order valence-corrected chi connectivity index (χ1v) is 6.56. The first-order valence-electron chi connectivity index (χ1n) is 4.78. The highest BCUT2D eigenvalue weighted by Gasteiger charge is 2.33. The number of hydrogen-bond acceptors (Lipinski definition) is 3. The van der Waals surface area contributed by atoms with Crippen LogP contribution in [0, 0.1) is 0 Å². The van der Waals surface area contributed by atoms with Crippen LogP contribution in [0.1, 0.15) is 5.56 Å². The molecule has 2 rings (SSSR count). The molecule has 0 unspecified atom stereocenters. The quantitative estimate of drug-likeness (QED) is 0.844. The molecule has 0 spiro atoms. The van der Waals surface area contributed by atoms with Gasteiger partial charge in [-0.2, -0.15) is 13.2 Å². The average Bonchev–Trinajstić information content (AvgIpc) is 2.72. The highest BCUT2D eigenvalue weighted by atomic mass is 79.9. The number of anilines is 1. The molecule has 0 fully saturated rings.